The first kappa shape index (κ1) is 14.7. The summed E-state index contributed by atoms with van der Waals surface area (Å²) in [7, 11) is 1.44. The van der Waals surface area contributed by atoms with E-state index < -0.39 is 0 Å². The van der Waals surface area contributed by atoms with Crippen molar-refractivity contribution in [3.63, 3.8) is 0 Å². The van der Waals surface area contributed by atoms with Crippen molar-refractivity contribution in [2.45, 2.75) is 39.3 Å². The maximum absolute atomic E-state index is 11.7. The summed E-state index contributed by atoms with van der Waals surface area (Å²) in [5.74, 6) is 0.419. The molecular formula is C15H23NO2. The highest BCUT2D eigenvalue weighted by Crippen LogP contribution is 2.09. The van der Waals surface area contributed by atoms with Gasteiger partial charge in [0, 0.05) is 6.54 Å². The van der Waals surface area contributed by atoms with Gasteiger partial charge in [0.25, 0.3) is 0 Å². The number of esters is 1. The number of benzene rings is 1. The molecule has 1 atom stereocenters. The van der Waals surface area contributed by atoms with E-state index in [1.165, 1.54) is 12.7 Å². The van der Waals surface area contributed by atoms with E-state index in [9.17, 15) is 4.79 Å². The van der Waals surface area contributed by atoms with Crippen LogP contribution in [0.5, 0.6) is 0 Å². The summed E-state index contributed by atoms with van der Waals surface area (Å²) < 4.78 is 4.83. The van der Waals surface area contributed by atoms with Crippen LogP contribution in [-0.2, 0) is 16.1 Å². The Labute approximate surface area is 110 Å². The van der Waals surface area contributed by atoms with Gasteiger partial charge in [-0.05, 0) is 24.3 Å². The molecule has 0 radical (unpaired) electrons. The quantitative estimate of drug-likeness (QED) is 0.755. The van der Waals surface area contributed by atoms with Gasteiger partial charge in [0.15, 0.2) is 0 Å². The largest absolute Gasteiger partial charge is 0.468 e. The molecule has 1 aromatic rings. The average molecular weight is 249 g/mol. The van der Waals surface area contributed by atoms with Gasteiger partial charge in [0.05, 0.1) is 7.11 Å². The number of nitrogens with one attached hydrogen (secondary N) is 1. The molecule has 100 valence electrons. The number of carbonyl (C=O) groups is 1. The van der Waals surface area contributed by atoms with Gasteiger partial charge in [0.1, 0.15) is 6.04 Å². The molecule has 3 heteroatoms. The summed E-state index contributed by atoms with van der Waals surface area (Å²) in [4.78, 5) is 11.7. The lowest BCUT2D eigenvalue weighted by Gasteiger charge is -2.17. The molecule has 0 saturated carbocycles. The zero-order chi connectivity index (χ0) is 13.4. The van der Waals surface area contributed by atoms with Crippen molar-refractivity contribution >= 4 is 5.97 Å². The molecule has 1 rings (SSSR count). The third-order valence-corrected chi connectivity index (χ3v) is 2.91. The van der Waals surface area contributed by atoms with Crippen LogP contribution >= 0.6 is 0 Å². The smallest absolute Gasteiger partial charge is 0.322 e. The van der Waals surface area contributed by atoms with Crippen LogP contribution in [0.15, 0.2) is 30.3 Å². The van der Waals surface area contributed by atoms with Gasteiger partial charge in [-0.2, -0.15) is 0 Å². The third-order valence-electron chi connectivity index (χ3n) is 2.91. The predicted molar refractivity (Wildman–Crippen MR) is 73.2 cm³/mol. The summed E-state index contributed by atoms with van der Waals surface area (Å²) in [6, 6.07) is 9.86. The minimum Gasteiger partial charge on any atom is -0.468 e. The molecule has 1 aromatic carbocycles. The molecule has 0 aromatic heterocycles. The molecule has 0 heterocycles. The fraction of sp³-hybridized carbons (Fsp3) is 0.533. The molecule has 18 heavy (non-hydrogen) atoms. The van der Waals surface area contributed by atoms with Crippen LogP contribution in [0.1, 0.15) is 32.3 Å². The van der Waals surface area contributed by atoms with Crippen LogP contribution in [0.2, 0.25) is 0 Å². The first-order valence-electron chi connectivity index (χ1n) is 6.48. The Bertz CT molecular complexity index is 349. The van der Waals surface area contributed by atoms with E-state index in [-0.39, 0.29) is 12.0 Å². The van der Waals surface area contributed by atoms with E-state index in [4.69, 9.17) is 4.74 Å². The van der Waals surface area contributed by atoms with Crippen LogP contribution in [0.25, 0.3) is 0 Å². The average Bonchev–Trinajstić information content (AvgIpc) is 2.39. The zero-order valence-corrected chi connectivity index (χ0v) is 11.5. The molecule has 0 amide bonds. The normalized spacial score (nSPS) is 12.4. The molecule has 1 N–H and O–H groups in total. The molecule has 0 aliphatic heterocycles. The van der Waals surface area contributed by atoms with Crippen LogP contribution in [-0.4, -0.2) is 19.1 Å². The van der Waals surface area contributed by atoms with Gasteiger partial charge in [-0.15, -0.1) is 0 Å². The molecule has 0 aliphatic rings. The van der Waals surface area contributed by atoms with Crippen molar-refractivity contribution in [3.8, 4) is 0 Å². The molecule has 0 spiro atoms. The Kier molecular flexibility index (Phi) is 6.44. The molecule has 0 saturated heterocycles. The van der Waals surface area contributed by atoms with Crippen molar-refractivity contribution in [3.05, 3.63) is 35.9 Å². The summed E-state index contributed by atoms with van der Waals surface area (Å²) in [6.45, 7) is 5.01. The maximum Gasteiger partial charge on any atom is 0.322 e. The number of carbonyl (C=O) groups excluding carboxylic acids is 1. The standard InChI is InChI=1S/C15H23NO2/c1-12(2)9-10-14(15(17)18-3)16-11-13-7-5-4-6-8-13/h4-8,12,14,16H,9-11H2,1-3H3/t14-/m0/s1. The Morgan fingerprint density at radius 3 is 2.44 bits per heavy atom. The number of hydrogen-bond donors (Lipinski definition) is 1. The molecule has 0 fully saturated rings. The van der Waals surface area contributed by atoms with E-state index in [2.05, 4.69) is 19.2 Å². The lowest BCUT2D eigenvalue weighted by Crippen LogP contribution is -2.37. The molecule has 0 unspecified atom stereocenters. The van der Waals surface area contributed by atoms with E-state index in [1.54, 1.807) is 0 Å². The summed E-state index contributed by atoms with van der Waals surface area (Å²) in [5, 5.41) is 3.27. The monoisotopic (exact) mass is 249 g/mol. The van der Waals surface area contributed by atoms with Crippen molar-refractivity contribution in [1.29, 1.82) is 0 Å². The Morgan fingerprint density at radius 2 is 1.89 bits per heavy atom. The lowest BCUT2D eigenvalue weighted by molar-refractivity contribution is -0.143. The second-order valence-corrected chi connectivity index (χ2v) is 4.91. The van der Waals surface area contributed by atoms with Crippen molar-refractivity contribution in [2.75, 3.05) is 7.11 Å². The Balaban J connectivity index is 2.48. The first-order valence-corrected chi connectivity index (χ1v) is 6.48. The number of rotatable bonds is 7. The van der Waals surface area contributed by atoms with Crippen molar-refractivity contribution in [1.82, 2.24) is 5.32 Å². The van der Waals surface area contributed by atoms with Crippen LogP contribution in [0.3, 0.4) is 0 Å². The highest BCUT2D eigenvalue weighted by molar-refractivity contribution is 5.75. The van der Waals surface area contributed by atoms with Crippen LogP contribution in [0, 0.1) is 5.92 Å². The van der Waals surface area contributed by atoms with Gasteiger partial charge in [0.2, 0.25) is 0 Å². The third kappa shape index (κ3) is 5.32. The molecular weight excluding hydrogens is 226 g/mol. The van der Waals surface area contributed by atoms with E-state index in [0.717, 1.165) is 12.8 Å². The molecule has 0 aliphatic carbocycles. The molecule has 3 nitrogen and oxygen atoms in total. The second-order valence-electron chi connectivity index (χ2n) is 4.91. The second kappa shape index (κ2) is 7.88. The van der Waals surface area contributed by atoms with E-state index >= 15 is 0 Å². The SMILES string of the molecule is COC(=O)[C@H](CCC(C)C)NCc1ccccc1. The Hall–Kier alpha value is -1.35. The minimum atomic E-state index is -0.211. The lowest BCUT2D eigenvalue weighted by atomic mass is 10.0. The van der Waals surface area contributed by atoms with E-state index in [1.807, 2.05) is 30.3 Å². The van der Waals surface area contributed by atoms with Gasteiger partial charge in [-0.1, -0.05) is 44.2 Å². The van der Waals surface area contributed by atoms with Gasteiger partial charge in [-0.3, -0.25) is 4.79 Å². The number of ether oxygens (including phenoxy) is 1. The highest BCUT2D eigenvalue weighted by atomic mass is 16.5. The first-order chi connectivity index (χ1) is 8.63. The summed E-state index contributed by atoms with van der Waals surface area (Å²) in [6.07, 6.45) is 1.83. The predicted octanol–water partition coefficient (Wildman–Crippen LogP) is 2.75. The fourth-order valence-electron chi connectivity index (χ4n) is 1.78. The topological polar surface area (TPSA) is 38.3 Å². The number of hydrogen-bond acceptors (Lipinski definition) is 3. The van der Waals surface area contributed by atoms with E-state index in [0.29, 0.717) is 12.5 Å². The Morgan fingerprint density at radius 1 is 1.22 bits per heavy atom. The van der Waals surface area contributed by atoms with Crippen molar-refractivity contribution < 1.29 is 9.53 Å². The molecule has 0 bridgehead atoms. The minimum absolute atomic E-state index is 0.174. The van der Waals surface area contributed by atoms with Crippen LogP contribution in [0.4, 0.5) is 0 Å². The highest BCUT2D eigenvalue weighted by Gasteiger charge is 2.18. The van der Waals surface area contributed by atoms with Gasteiger partial charge in [-0.25, -0.2) is 0 Å². The number of methoxy groups -OCH3 is 1. The van der Waals surface area contributed by atoms with Crippen molar-refractivity contribution in [2.24, 2.45) is 5.92 Å². The summed E-state index contributed by atoms with van der Waals surface area (Å²) >= 11 is 0. The zero-order valence-electron chi connectivity index (χ0n) is 11.5. The van der Waals surface area contributed by atoms with Gasteiger partial charge >= 0.3 is 5.97 Å². The summed E-state index contributed by atoms with van der Waals surface area (Å²) in [5.41, 5.74) is 1.18. The maximum atomic E-state index is 11.7. The van der Waals surface area contributed by atoms with Crippen LogP contribution < -0.4 is 5.32 Å². The fourth-order valence-corrected chi connectivity index (χ4v) is 1.78. The van der Waals surface area contributed by atoms with Gasteiger partial charge < -0.3 is 10.1 Å².